The first-order valence-electron chi connectivity index (χ1n) is 6.12. The van der Waals surface area contributed by atoms with Gasteiger partial charge in [-0.3, -0.25) is 4.79 Å². The molecule has 110 valence electrons. The highest BCUT2D eigenvalue weighted by atomic mass is 19.4. The van der Waals surface area contributed by atoms with E-state index in [-0.39, 0.29) is 11.5 Å². The number of nitrogens with two attached hydrogens (primary N) is 1. The molecule has 0 amide bonds. The van der Waals surface area contributed by atoms with Crippen LogP contribution in [0.25, 0.3) is 0 Å². The smallest absolute Gasteiger partial charge is 0.398 e. The Labute approximate surface area is 119 Å². The van der Waals surface area contributed by atoms with Crippen LogP contribution < -0.4 is 11.1 Å². The van der Waals surface area contributed by atoms with Crippen LogP contribution in [0.1, 0.15) is 22.8 Å². The van der Waals surface area contributed by atoms with E-state index in [2.05, 4.69) is 5.32 Å². The number of Topliss-reactive ketones (excluding diaryl/α,β-unsaturated/α-hetero) is 1. The molecular formula is C15H13F3N2O. The van der Waals surface area contributed by atoms with Crippen LogP contribution in [0.2, 0.25) is 0 Å². The quantitative estimate of drug-likeness (QED) is 0.658. The number of alkyl halides is 3. The normalized spacial score (nSPS) is 11.2. The van der Waals surface area contributed by atoms with Crippen molar-refractivity contribution in [3.05, 3.63) is 53.6 Å². The van der Waals surface area contributed by atoms with Crippen LogP contribution in [-0.4, -0.2) is 5.78 Å². The van der Waals surface area contributed by atoms with Crippen LogP contribution in [0.15, 0.2) is 42.5 Å². The zero-order valence-electron chi connectivity index (χ0n) is 11.2. The lowest BCUT2D eigenvalue weighted by Gasteiger charge is -2.12. The molecule has 0 saturated carbocycles. The number of ketones is 1. The van der Waals surface area contributed by atoms with Crippen molar-refractivity contribution in [3.8, 4) is 0 Å². The number of hydrogen-bond donors (Lipinski definition) is 2. The maximum atomic E-state index is 12.6. The van der Waals surface area contributed by atoms with Crippen molar-refractivity contribution in [2.75, 3.05) is 11.1 Å². The Kier molecular flexibility index (Phi) is 3.88. The molecule has 2 aromatic rings. The molecule has 6 heteroatoms. The van der Waals surface area contributed by atoms with Crippen LogP contribution >= 0.6 is 0 Å². The Bertz CT molecular complexity index is 681. The van der Waals surface area contributed by atoms with Crippen LogP contribution in [-0.2, 0) is 6.18 Å². The highest BCUT2D eigenvalue weighted by Gasteiger charge is 2.30. The topological polar surface area (TPSA) is 55.1 Å². The second-order valence-corrected chi connectivity index (χ2v) is 4.56. The third-order valence-electron chi connectivity index (χ3n) is 2.91. The summed E-state index contributed by atoms with van der Waals surface area (Å²) in [7, 11) is 0. The van der Waals surface area contributed by atoms with Gasteiger partial charge < -0.3 is 11.1 Å². The molecule has 0 heterocycles. The summed E-state index contributed by atoms with van der Waals surface area (Å²) in [5.41, 5.74) is 6.46. The first kappa shape index (κ1) is 14.9. The van der Waals surface area contributed by atoms with Gasteiger partial charge in [0.05, 0.1) is 5.56 Å². The van der Waals surface area contributed by atoms with E-state index in [0.717, 1.165) is 12.1 Å². The molecule has 0 saturated heterocycles. The lowest BCUT2D eigenvalue weighted by Crippen LogP contribution is -2.05. The SMILES string of the molecule is CC(=O)c1ccc(Nc2cccc(C(F)(F)F)c2)cc1N. The van der Waals surface area contributed by atoms with Gasteiger partial charge in [0.15, 0.2) is 5.78 Å². The minimum Gasteiger partial charge on any atom is -0.398 e. The van der Waals surface area contributed by atoms with E-state index in [1.54, 1.807) is 6.07 Å². The van der Waals surface area contributed by atoms with Gasteiger partial charge in [-0.1, -0.05) is 6.07 Å². The predicted molar refractivity (Wildman–Crippen MR) is 75.6 cm³/mol. The maximum absolute atomic E-state index is 12.6. The summed E-state index contributed by atoms with van der Waals surface area (Å²) in [4.78, 5) is 11.3. The molecule has 0 radical (unpaired) electrons. The van der Waals surface area contributed by atoms with E-state index >= 15 is 0 Å². The minimum absolute atomic E-state index is 0.168. The average Bonchev–Trinajstić information content (AvgIpc) is 2.37. The number of benzene rings is 2. The number of nitrogen functional groups attached to an aromatic ring is 1. The lowest BCUT2D eigenvalue weighted by atomic mass is 10.1. The molecule has 2 rings (SSSR count). The Balaban J connectivity index is 2.27. The highest BCUT2D eigenvalue weighted by molar-refractivity contribution is 5.99. The fourth-order valence-corrected chi connectivity index (χ4v) is 1.90. The summed E-state index contributed by atoms with van der Waals surface area (Å²) in [6.45, 7) is 1.39. The van der Waals surface area contributed by atoms with Crippen molar-refractivity contribution >= 4 is 22.8 Å². The van der Waals surface area contributed by atoms with Crippen LogP contribution in [0.4, 0.5) is 30.2 Å². The Morgan fingerprint density at radius 2 is 1.76 bits per heavy atom. The number of nitrogens with one attached hydrogen (secondary N) is 1. The molecule has 0 aromatic heterocycles. The molecule has 0 spiro atoms. The van der Waals surface area contributed by atoms with Gasteiger partial charge in [0.25, 0.3) is 0 Å². The molecule has 0 atom stereocenters. The van der Waals surface area contributed by atoms with Gasteiger partial charge in [-0.15, -0.1) is 0 Å². The number of rotatable bonds is 3. The second kappa shape index (κ2) is 5.47. The van der Waals surface area contributed by atoms with Gasteiger partial charge in [0.2, 0.25) is 0 Å². The van der Waals surface area contributed by atoms with Crippen molar-refractivity contribution in [2.24, 2.45) is 0 Å². The van der Waals surface area contributed by atoms with E-state index < -0.39 is 11.7 Å². The Morgan fingerprint density at radius 1 is 1.10 bits per heavy atom. The van der Waals surface area contributed by atoms with Gasteiger partial charge >= 0.3 is 6.18 Å². The number of carbonyl (C=O) groups is 1. The Morgan fingerprint density at radius 3 is 2.33 bits per heavy atom. The van der Waals surface area contributed by atoms with Crippen molar-refractivity contribution < 1.29 is 18.0 Å². The largest absolute Gasteiger partial charge is 0.416 e. The van der Waals surface area contributed by atoms with Crippen molar-refractivity contribution in [1.29, 1.82) is 0 Å². The standard InChI is InChI=1S/C15H13F3N2O/c1-9(21)13-6-5-12(8-14(13)19)20-11-4-2-3-10(7-11)15(16,17)18/h2-8,20H,19H2,1H3. The molecule has 0 aliphatic carbocycles. The van der Waals surface area contributed by atoms with Crippen LogP contribution in [0, 0.1) is 0 Å². The first-order valence-corrected chi connectivity index (χ1v) is 6.12. The number of anilines is 3. The fourth-order valence-electron chi connectivity index (χ4n) is 1.90. The number of hydrogen-bond acceptors (Lipinski definition) is 3. The minimum atomic E-state index is -4.39. The zero-order valence-corrected chi connectivity index (χ0v) is 11.2. The predicted octanol–water partition coefficient (Wildman–Crippen LogP) is 4.23. The van der Waals surface area contributed by atoms with Crippen LogP contribution in [0.3, 0.4) is 0 Å². The second-order valence-electron chi connectivity index (χ2n) is 4.56. The van der Waals surface area contributed by atoms with E-state index in [1.807, 2.05) is 0 Å². The first-order chi connectivity index (χ1) is 9.77. The molecule has 0 aliphatic heterocycles. The summed E-state index contributed by atoms with van der Waals surface area (Å²) in [6, 6.07) is 9.48. The molecule has 21 heavy (non-hydrogen) atoms. The summed E-state index contributed by atoms with van der Waals surface area (Å²) < 4.78 is 37.9. The third kappa shape index (κ3) is 3.53. The lowest BCUT2D eigenvalue weighted by molar-refractivity contribution is -0.137. The number of halogens is 3. The highest BCUT2D eigenvalue weighted by Crippen LogP contribution is 2.31. The van der Waals surface area contributed by atoms with Crippen molar-refractivity contribution in [3.63, 3.8) is 0 Å². The monoisotopic (exact) mass is 294 g/mol. The molecular weight excluding hydrogens is 281 g/mol. The molecule has 0 unspecified atom stereocenters. The maximum Gasteiger partial charge on any atom is 0.416 e. The Hall–Kier alpha value is -2.50. The summed E-state index contributed by atoms with van der Waals surface area (Å²) in [5.74, 6) is -0.168. The number of carbonyl (C=O) groups excluding carboxylic acids is 1. The van der Waals surface area contributed by atoms with Gasteiger partial charge in [-0.2, -0.15) is 13.2 Å². The molecule has 0 aliphatic rings. The fraction of sp³-hybridized carbons (Fsp3) is 0.133. The zero-order chi connectivity index (χ0) is 15.6. The van der Waals surface area contributed by atoms with E-state index in [1.165, 1.54) is 31.2 Å². The third-order valence-corrected chi connectivity index (χ3v) is 2.91. The summed E-state index contributed by atoms with van der Waals surface area (Å²) in [6.07, 6.45) is -4.39. The summed E-state index contributed by atoms with van der Waals surface area (Å²) >= 11 is 0. The average molecular weight is 294 g/mol. The molecule has 0 fully saturated rings. The van der Waals surface area contributed by atoms with Gasteiger partial charge in [-0.05, 0) is 43.3 Å². The van der Waals surface area contributed by atoms with Gasteiger partial charge in [-0.25, -0.2) is 0 Å². The molecule has 3 nitrogen and oxygen atoms in total. The summed E-state index contributed by atoms with van der Waals surface area (Å²) in [5, 5.41) is 2.83. The van der Waals surface area contributed by atoms with E-state index in [0.29, 0.717) is 16.9 Å². The van der Waals surface area contributed by atoms with Crippen molar-refractivity contribution in [1.82, 2.24) is 0 Å². The van der Waals surface area contributed by atoms with Gasteiger partial charge in [0, 0.05) is 22.6 Å². The van der Waals surface area contributed by atoms with Crippen LogP contribution in [0.5, 0.6) is 0 Å². The van der Waals surface area contributed by atoms with Crippen molar-refractivity contribution in [2.45, 2.75) is 13.1 Å². The molecule has 3 N–H and O–H groups in total. The van der Waals surface area contributed by atoms with E-state index in [9.17, 15) is 18.0 Å². The molecule has 0 bridgehead atoms. The van der Waals surface area contributed by atoms with Gasteiger partial charge in [0.1, 0.15) is 0 Å². The van der Waals surface area contributed by atoms with E-state index in [4.69, 9.17) is 5.73 Å². The molecule has 2 aromatic carbocycles.